The minimum Gasteiger partial charge on any atom is -0.496 e. The Morgan fingerprint density at radius 2 is 2.07 bits per heavy atom. The Labute approximate surface area is 82.7 Å². The standard InChI is InChI=1S/C10H13NO3/c1-11(2)7-5-4-6-8(14-3)9(7)10(12)13/h4-6H,1-3H3,(H,12,13). The lowest BCUT2D eigenvalue weighted by atomic mass is 10.1. The zero-order chi connectivity index (χ0) is 10.7. The van der Waals surface area contributed by atoms with E-state index in [0.29, 0.717) is 11.4 Å². The summed E-state index contributed by atoms with van der Waals surface area (Å²) in [6, 6.07) is 5.14. The lowest BCUT2D eigenvalue weighted by Crippen LogP contribution is -2.14. The van der Waals surface area contributed by atoms with Crippen molar-refractivity contribution in [2.45, 2.75) is 0 Å². The smallest absolute Gasteiger partial charge is 0.341 e. The fraction of sp³-hybridized carbons (Fsp3) is 0.300. The maximum Gasteiger partial charge on any atom is 0.341 e. The van der Waals surface area contributed by atoms with Gasteiger partial charge in [0.15, 0.2) is 0 Å². The average molecular weight is 195 g/mol. The SMILES string of the molecule is COc1cccc(N(C)C)c1C(=O)O. The maximum atomic E-state index is 11.0. The molecule has 0 radical (unpaired) electrons. The fourth-order valence-corrected chi connectivity index (χ4v) is 1.28. The molecule has 0 aliphatic rings. The largest absolute Gasteiger partial charge is 0.496 e. The van der Waals surface area contributed by atoms with Gasteiger partial charge in [-0.1, -0.05) is 6.07 Å². The summed E-state index contributed by atoms with van der Waals surface area (Å²) in [5.41, 5.74) is 0.830. The number of carboxylic acids is 1. The van der Waals surface area contributed by atoms with Gasteiger partial charge in [-0.25, -0.2) is 4.79 Å². The highest BCUT2D eigenvalue weighted by Crippen LogP contribution is 2.27. The highest BCUT2D eigenvalue weighted by atomic mass is 16.5. The van der Waals surface area contributed by atoms with E-state index in [2.05, 4.69) is 0 Å². The summed E-state index contributed by atoms with van der Waals surface area (Å²) in [7, 11) is 5.05. The summed E-state index contributed by atoms with van der Waals surface area (Å²) in [6.07, 6.45) is 0. The van der Waals surface area contributed by atoms with Gasteiger partial charge in [-0.3, -0.25) is 0 Å². The topological polar surface area (TPSA) is 49.8 Å². The number of carboxylic acid groups (broad SMARTS) is 1. The highest BCUT2D eigenvalue weighted by Gasteiger charge is 2.16. The molecular formula is C10H13NO3. The molecule has 76 valence electrons. The van der Waals surface area contributed by atoms with Crippen LogP contribution < -0.4 is 9.64 Å². The van der Waals surface area contributed by atoms with E-state index in [0.717, 1.165) is 0 Å². The van der Waals surface area contributed by atoms with E-state index in [1.54, 1.807) is 37.2 Å². The van der Waals surface area contributed by atoms with Crippen LogP contribution in [0.4, 0.5) is 5.69 Å². The van der Waals surface area contributed by atoms with Crippen molar-refractivity contribution >= 4 is 11.7 Å². The van der Waals surface area contributed by atoms with Crippen LogP contribution in [0.3, 0.4) is 0 Å². The molecule has 0 aromatic heterocycles. The number of carbonyl (C=O) groups is 1. The van der Waals surface area contributed by atoms with Gasteiger partial charge in [-0.05, 0) is 12.1 Å². The number of nitrogens with zero attached hydrogens (tertiary/aromatic N) is 1. The van der Waals surface area contributed by atoms with Gasteiger partial charge in [-0.2, -0.15) is 0 Å². The van der Waals surface area contributed by atoms with Gasteiger partial charge >= 0.3 is 5.97 Å². The number of hydrogen-bond acceptors (Lipinski definition) is 3. The Balaban J connectivity index is 3.35. The molecule has 0 aliphatic heterocycles. The van der Waals surface area contributed by atoms with Crippen LogP contribution in [0.2, 0.25) is 0 Å². The molecular weight excluding hydrogens is 182 g/mol. The predicted octanol–water partition coefficient (Wildman–Crippen LogP) is 1.46. The summed E-state index contributed by atoms with van der Waals surface area (Å²) < 4.78 is 4.99. The third-order valence-corrected chi connectivity index (χ3v) is 1.92. The third kappa shape index (κ3) is 1.79. The minimum absolute atomic E-state index is 0.194. The van der Waals surface area contributed by atoms with Crippen molar-refractivity contribution < 1.29 is 14.6 Å². The van der Waals surface area contributed by atoms with E-state index >= 15 is 0 Å². The molecule has 1 rings (SSSR count). The van der Waals surface area contributed by atoms with Crippen molar-refractivity contribution in [2.75, 3.05) is 26.1 Å². The third-order valence-electron chi connectivity index (χ3n) is 1.92. The molecule has 0 fully saturated rings. The fourth-order valence-electron chi connectivity index (χ4n) is 1.28. The van der Waals surface area contributed by atoms with Crippen molar-refractivity contribution in [3.63, 3.8) is 0 Å². The normalized spacial score (nSPS) is 9.64. The molecule has 0 amide bonds. The lowest BCUT2D eigenvalue weighted by Gasteiger charge is -2.17. The molecule has 0 saturated carbocycles. The van der Waals surface area contributed by atoms with E-state index in [1.807, 2.05) is 0 Å². The summed E-state index contributed by atoms with van der Waals surface area (Å²) in [4.78, 5) is 12.7. The molecule has 0 bridgehead atoms. The van der Waals surface area contributed by atoms with E-state index in [4.69, 9.17) is 9.84 Å². The Morgan fingerprint density at radius 1 is 1.43 bits per heavy atom. The van der Waals surface area contributed by atoms with E-state index in [9.17, 15) is 4.79 Å². The number of aromatic carboxylic acids is 1. The van der Waals surface area contributed by atoms with Gasteiger partial charge in [-0.15, -0.1) is 0 Å². The van der Waals surface area contributed by atoms with Gasteiger partial charge in [0.25, 0.3) is 0 Å². The second-order valence-corrected chi connectivity index (χ2v) is 3.05. The maximum absolute atomic E-state index is 11.0. The van der Waals surface area contributed by atoms with Crippen LogP contribution in [-0.2, 0) is 0 Å². The Hall–Kier alpha value is -1.71. The summed E-state index contributed by atoms with van der Waals surface area (Å²) >= 11 is 0. The molecule has 0 aliphatic carbocycles. The first-order valence-corrected chi connectivity index (χ1v) is 4.15. The quantitative estimate of drug-likeness (QED) is 0.793. The molecule has 0 heterocycles. The van der Waals surface area contributed by atoms with Crippen molar-refractivity contribution in [1.29, 1.82) is 0 Å². The Kier molecular flexibility index (Phi) is 2.96. The van der Waals surface area contributed by atoms with Crippen molar-refractivity contribution in [3.8, 4) is 5.75 Å². The monoisotopic (exact) mass is 195 g/mol. The van der Waals surface area contributed by atoms with Gasteiger partial charge in [0.2, 0.25) is 0 Å². The molecule has 1 aromatic rings. The molecule has 0 spiro atoms. The molecule has 4 heteroatoms. The number of ether oxygens (including phenoxy) is 1. The number of anilines is 1. The van der Waals surface area contributed by atoms with Crippen LogP contribution in [0, 0.1) is 0 Å². The van der Waals surface area contributed by atoms with Crippen LogP contribution in [0.1, 0.15) is 10.4 Å². The molecule has 14 heavy (non-hydrogen) atoms. The van der Waals surface area contributed by atoms with Crippen LogP contribution in [0.15, 0.2) is 18.2 Å². The van der Waals surface area contributed by atoms with E-state index < -0.39 is 5.97 Å². The molecule has 0 saturated heterocycles. The van der Waals surface area contributed by atoms with Crippen LogP contribution >= 0.6 is 0 Å². The van der Waals surface area contributed by atoms with Gasteiger partial charge in [0.05, 0.1) is 12.8 Å². The molecule has 0 unspecified atom stereocenters. The summed E-state index contributed by atoms with van der Waals surface area (Å²) in [6.45, 7) is 0. The van der Waals surface area contributed by atoms with Gasteiger partial charge in [0, 0.05) is 14.1 Å². The second kappa shape index (κ2) is 4.00. The molecule has 0 atom stereocenters. The molecule has 1 N–H and O–H groups in total. The Bertz CT molecular complexity index is 347. The van der Waals surface area contributed by atoms with Gasteiger partial charge < -0.3 is 14.7 Å². The number of benzene rings is 1. The minimum atomic E-state index is -0.980. The number of methoxy groups -OCH3 is 1. The predicted molar refractivity (Wildman–Crippen MR) is 54.3 cm³/mol. The van der Waals surface area contributed by atoms with Gasteiger partial charge in [0.1, 0.15) is 11.3 Å². The second-order valence-electron chi connectivity index (χ2n) is 3.05. The van der Waals surface area contributed by atoms with E-state index in [-0.39, 0.29) is 5.56 Å². The number of hydrogen-bond donors (Lipinski definition) is 1. The van der Waals surface area contributed by atoms with E-state index in [1.165, 1.54) is 7.11 Å². The zero-order valence-corrected chi connectivity index (χ0v) is 8.44. The van der Waals surface area contributed by atoms with Crippen LogP contribution in [0.5, 0.6) is 5.75 Å². The highest BCUT2D eigenvalue weighted by molar-refractivity contribution is 5.97. The first-order valence-electron chi connectivity index (χ1n) is 4.15. The van der Waals surface area contributed by atoms with Crippen molar-refractivity contribution in [3.05, 3.63) is 23.8 Å². The first kappa shape index (κ1) is 10.4. The van der Waals surface area contributed by atoms with Crippen LogP contribution in [-0.4, -0.2) is 32.3 Å². The summed E-state index contributed by atoms with van der Waals surface area (Å²) in [5, 5.41) is 9.02. The van der Waals surface area contributed by atoms with Crippen molar-refractivity contribution in [2.24, 2.45) is 0 Å². The number of rotatable bonds is 3. The summed E-state index contributed by atoms with van der Waals surface area (Å²) in [5.74, 6) is -0.602. The first-order chi connectivity index (χ1) is 6.57. The van der Waals surface area contributed by atoms with Crippen LogP contribution in [0.25, 0.3) is 0 Å². The Morgan fingerprint density at radius 3 is 2.50 bits per heavy atom. The molecule has 4 nitrogen and oxygen atoms in total. The average Bonchev–Trinajstić information content (AvgIpc) is 2.16. The van der Waals surface area contributed by atoms with Crippen molar-refractivity contribution in [1.82, 2.24) is 0 Å². The molecule has 1 aromatic carbocycles. The zero-order valence-electron chi connectivity index (χ0n) is 8.44. The lowest BCUT2D eigenvalue weighted by molar-refractivity contribution is 0.0694.